The molecular weight excluding hydrogens is 438 g/mol. The minimum absolute atomic E-state index is 0.185. The van der Waals surface area contributed by atoms with Crippen LogP contribution < -0.4 is 16.4 Å². The molecule has 174 valence electrons. The zero-order chi connectivity index (χ0) is 23.2. The van der Waals surface area contributed by atoms with Crippen LogP contribution in [0.15, 0.2) is 30.2 Å². The standard InChI is InChI=1S/C23H29N7O2S/c1-23(12-32-13-23)33(31)17-4-6-29(7-5-17)22-21-18(16-2-3-16)9-20(30(21)28-14-27-22)19(26)8-15(10-24)11-25/h8-10,14,16-17H,2-7,12-13,24,26H2,1H3/b15-10+,19-8-. The Morgan fingerprint density at radius 2 is 2.06 bits per heavy atom. The van der Waals surface area contributed by atoms with Gasteiger partial charge >= 0.3 is 0 Å². The van der Waals surface area contributed by atoms with Crippen LogP contribution >= 0.6 is 0 Å². The van der Waals surface area contributed by atoms with Gasteiger partial charge in [0, 0.05) is 35.3 Å². The molecule has 3 fully saturated rings. The van der Waals surface area contributed by atoms with Crippen LogP contribution in [-0.2, 0) is 15.5 Å². The summed E-state index contributed by atoms with van der Waals surface area (Å²) in [5.74, 6) is 1.36. The molecule has 0 amide bonds. The molecular formula is C23H29N7O2S. The molecule has 5 rings (SSSR count). The van der Waals surface area contributed by atoms with Gasteiger partial charge in [-0.05, 0) is 56.2 Å². The Kier molecular flexibility index (Phi) is 5.62. The van der Waals surface area contributed by atoms with Gasteiger partial charge in [-0.15, -0.1) is 0 Å². The van der Waals surface area contributed by atoms with Crippen molar-refractivity contribution in [1.82, 2.24) is 14.6 Å². The van der Waals surface area contributed by atoms with Gasteiger partial charge < -0.3 is 21.1 Å². The summed E-state index contributed by atoms with van der Waals surface area (Å²) in [6.45, 7) is 4.83. The predicted octanol–water partition coefficient (Wildman–Crippen LogP) is 1.78. The molecule has 2 aliphatic heterocycles. The first-order chi connectivity index (χ1) is 15.9. The van der Waals surface area contributed by atoms with E-state index in [-0.39, 0.29) is 10.00 Å². The third kappa shape index (κ3) is 3.89. The zero-order valence-electron chi connectivity index (χ0n) is 18.7. The minimum Gasteiger partial charge on any atom is -0.404 e. The molecule has 1 aliphatic carbocycles. The van der Waals surface area contributed by atoms with Crippen molar-refractivity contribution in [2.75, 3.05) is 31.2 Å². The molecule has 2 aromatic rings. The number of fused-ring (bicyclic) bond motifs is 1. The van der Waals surface area contributed by atoms with Gasteiger partial charge in [0.15, 0.2) is 5.82 Å². The van der Waals surface area contributed by atoms with Crippen molar-refractivity contribution in [3.63, 3.8) is 0 Å². The number of anilines is 1. The summed E-state index contributed by atoms with van der Waals surface area (Å²) in [4.78, 5) is 6.95. The smallest absolute Gasteiger partial charge is 0.156 e. The van der Waals surface area contributed by atoms with Gasteiger partial charge in [-0.3, -0.25) is 4.21 Å². The molecule has 1 unspecified atom stereocenters. The van der Waals surface area contributed by atoms with Crippen molar-refractivity contribution < 1.29 is 8.95 Å². The third-order valence-electron chi connectivity index (χ3n) is 6.84. The summed E-state index contributed by atoms with van der Waals surface area (Å²) < 4.78 is 20.0. The highest BCUT2D eigenvalue weighted by Crippen LogP contribution is 2.45. The lowest BCUT2D eigenvalue weighted by atomic mass is 10.1. The van der Waals surface area contributed by atoms with Gasteiger partial charge in [0.1, 0.15) is 17.9 Å². The van der Waals surface area contributed by atoms with Gasteiger partial charge in [-0.25, -0.2) is 9.50 Å². The number of hydrogen-bond acceptors (Lipinski definition) is 8. The van der Waals surface area contributed by atoms with E-state index in [2.05, 4.69) is 28.0 Å². The number of nitriles is 1. The van der Waals surface area contributed by atoms with Gasteiger partial charge in [0.25, 0.3) is 0 Å². The highest BCUT2D eigenvalue weighted by Gasteiger charge is 2.44. The maximum absolute atomic E-state index is 13.1. The molecule has 2 saturated heterocycles. The molecule has 4 N–H and O–H groups in total. The SMILES string of the molecule is CC1(S(=O)C2CCN(c3ncnn4c(/C(N)=C/C(C#N)=C\N)cc(C5CC5)c34)CC2)COC1. The second-order valence-corrected chi connectivity index (χ2v) is 11.6. The fourth-order valence-electron chi connectivity index (χ4n) is 4.75. The van der Waals surface area contributed by atoms with E-state index in [4.69, 9.17) is 16.2 Å². The topological polar surface area (TPSA) is 136 Å². The van der Waals surface area contributed by atoms with Gasteiger partial charge in [-0.2, -0.15) is 10.4 Å². The monoisotopic (exact) mass is 467 g/mol. The van der Waals surface area contributed by atoms with Crippen LogP contribution in [0.1, 0.15) is 49.8 Å². The van der Waals surface area contributed by atoms with Crippen molar-refractivity contribution in [2.45, 2.75) is 48.5 Å². The number of nitrogens with two attached hydrogens (primary N) is 2. The van der Waals surface area contributed by atoms with Crippen molar-refractivity contribution >= 4 is 27.8 Å². The third-order valence-corrected chi connectivity index (χ3v) is 9.13. The number of hydrogen-bond donors (Lipinski definition) is 2. The number of aromatic nitrogens is 3. The summed E-state index contributed by atoms with van der Waals surface area (Å²) in [7, 11) is -0.896. The highest BCUT2D eigenvalue weighted by atomic mass is 32.2. The summed E-state index contributed by atoms with van der Waals surface area (Å²) >= 11 is 0. The Bertz CT molecular complexity index is 1200. The summed E-state index contributed by atoms with van der Waals surface area (Å²) in [6, 6.07) is 4.11. The van der Waals surface area contributed by atoms with Crippen LogP contribution in [0.25, 0.3) is 11.2 Å². The Hall–Kier alpha value is -2.90. The number of rotatable bonds is 6. The number of allylic oxidation sites excluding steroid dienone is 2. The average molecular weight is 468 g/mol. The van der Waals surface area contributed by atoms with Gasteiger partial charge in [0.2, 0.25) is 0 Å². The quantitative estimate of drug-likeness (QED) is 0.485. The van der Waals surface area contributed by atoms with Crippen molar-refractivity contribution in [2.24, 2.45) is 11.5 Å². The average Bonchev–Trinajstić information content (AvgIpc) is 3.60. The Morgan fingerprint density at radius 3 is 2.64 bits per heavy atom. The van der Waals surface area contributed by atoms with E-state index in [9.17, 15) is 9.47 Å². The molecule has 1 atom stereocenters. The molecule has 0 spiro atoms. The molecule has 0 aromatic carbocycles. The molecule has 3 aliphatic rings. The first-order valence-corrected chi connectivity index (χ1v) is 12.6. The normalized spacial score (nSPS) is 22.7. The Balaban J connectivity index is 1.46. The van der Waals surface area contributed by atoms with Crippen LogP contribution in [0.5, 0.6) is 0 Å². The van der Waals surface area contributed by atoms with E-state index < -0.39 is 10.8 Å². The van der Waals surface area contributed by atoms with E-state index >= 15 is 0 Å². The molecule has 10 heteroatoms. The van der Waals surface area contributed by atoms with Crippen molar-refractivity contribution in [3.05, 3.63) is 41.5 Å². The molecule has 0 bridgehead atoms. The van der Waals surface area contributed by atoms with Crippen LogP contribution in [-0.4, -0.2) is 55.1 Å². The Morgan fingerprint density at radius 1 is 1.33 bits per heavy atom. The van der Waals surface area contributed by atoms with E-state index in [1.54, 1.807) is 12.4 Å². The maximum Gasteiger partial charge on any atom is 0.156 e. The van der Waals surface area contributed by atoms with E-state index in [0.717, 1.165) is 55.8 Å². The number of piperidine rings is 1. The Labute approximate surface area is 195 Å². The summed E-state index contributed by atoms with van der Waals surface area (Å²) in [5, 5.41) is 13.9. The van der Waals surface area contributed by atoms with Crippen LogP contribution in [0, 0.1) is 11.3 Å². The molecule has 9 nitrogen and oxygen atoms in total. The molecule has 2 aromatic heterocycles. The number of ether oxygens (including phenoxy) is 1. The fourth-order valence-corrected chi connectivity index (χ4v) is 6.59. The van der Waals surface area contributed by atoms with E-state index in [0.29, 0.717) is 30.4 Å². The predicted molar refractivity (Wildman–Crippen MR) is 128 cm³/mol. The lowest BCUT2D eigenvalue weighted by molar-refractivity contribution is -0.00299. The summed E-state index contributed by atoms with van der Waals surface area (Å²) in [6.07, 6.45) is 8.35. The second-order valence-electron chi connectivity index (χ2n) is 9.36. The molecule has 0 radical (unpaired) electrons. The molecule has 4 heterocycles. The van der Waals surface area contributed by atoms with Gasteiger partial charge in [0.05, 0.1) is 34.9 Å². The zero-order valence-corrected chi connectivity index (χ0v) is 19.6. The first kappa shape index (κ1) is 21.9. The van der Waals surface area contributed by atoms with E-state index in [1.165, 1.54) is 11.8 Å². The lowest BCUT2D eigenvalue weighted by Crippen LogP contribution is -2.54. The maximum atomic E-state index is 13.1. The lowest BCUT2D eigenvalue weighted by Gasteiger charge is -2.42. The van der Waals surface area contributed by atoms with Gasteiger partial charge in [-0.1, -0.05) is 0 Å². The van der Waals surface area contributed by atoms with Crippen molar-refractivity contribution in [3.8, 4) is 6.07 Å². The highest BCUT2D eigenvalue weighted by molar-refractivity contribution is 7.87. The summed E-state index contributed by atoms with van der Waals surface area (Å²) in [5.41, 5.74) is 15.5. The van der Waals surface area contributed by atoms with E-state index in [1.807, 2.05) is 10.6 Å². The molecule has 1 saturated carbocycles. The first-order valence-electron chi connectivity index (χ1n) is 11.3. The minimum atomic E-state index is -0.896. The fraction of sp³-hybridized carbons (Fsp3) is 0.522. The second kappa shape index (κ2) is 8.47. The van der Waals surface area contributed by atoms with Crippen molar-refractivity contribution in [1.29, 1.82) is 5.26 Å². The van der Waals surface area contributed by atoms with Crippen LogP contribution in [0.4, 0.5) is 5.82 Å². The van der Waals surface area contributed by atoms with Crippen LogP contribution in [0.3, 0.4) is 0 Å². The van der Waals surface area contributed by atoms with Crippen LogP contribution in [0.2, 0.25) is 0 Å². The number of nitrogens with zero attached hydrogens (tertiary/aromatic N) is 5. The largest absolute Gasteiger partial charge is 0.404 e. The molecule has 33 heavy (non-hydrogen) atoms.